The van der Waals surface area contributed by atoms with Crippen molar-refractivity contribution in [1.29, 1.82) is 0 Å². The maximum Gasteiger partial charge on any atom is 0.0525 e. The summed E-state index contributed by atoms with van der Waals surface area (Å²) in [6, 6.07) is 14.4. The van der Waals surface area contributed by atoms with Gasteiger partial charge in [0.15, 0.2) is 0 Å². The molecule has 0 saturated carbocycles. The first-order valence-electron chi connectivity index (χ1n) is 6.82. The molecule has 0 aliphatic heterocycles. The van der Waals surface area contributed by atoms with Gasteiger partial charge in [0.05, 0.1) is 6.04 Å². The zero-order chi connectivity index (χ0) is 14.7. The number of para-hydroxylation sites is 1. The Morgan fingerprint density at radius 3 is 2.50 bits per heavy atom. The highest BCUT2D eigenvalue weighted by molar-refractivity contribution is 6.31. The van der Waals surface area contributed by atoms with Crippen LogP contribution in [0.1, 0.15) is 29.7 Å². The molecule has 0 saturated heterocycles. The third-order valence-electron chi connectivity index (χ3n) is 3.83. The molecule has 0 heterocycles. The number of halogens is 1. The van der Waals surface area contributed by atoms with Gasteiger partial charge in [-0.1, -0.05) is 48.0 Å². The number of aryl methyl sites for hydroxylation is 1. The summed E-state index contributed by atoms with van der Waals surface area (Å²) >= 11 is 6.31. The number of hydrogen-bond acceptors (Lipinski definition) is 2. The lowest BCUT2D eigenvalue weighted by Crippen LogP contribution is -2.24. The minimum Gasteiger partial charge on any atom is -0.367 e. The number of anilines is 1. The van der Waals surface area contributed by atoms with Gasteiger partial charge in [0.25, 0.3) is 0 Å². The van der Waals surface area contributed by atoms with Crippen molar-refractivity contribution >= 4 is 17.3 Å². The Labute approximate surface area is 126 Å². The molecule has 2 N–H and O–H groups in total. The molecule has 0 aliphatic rings. The van der Waals surface area contributed by atoms with Gasteiger partial charge in [0.2, 0.25) is 0 Å². The first-order valence-corrected chi connectivity index (χ1v) is 7.20. The Morgan fingerprint density at radius 1 is 1.15 bits per heavy atom. The molecule has 0 radical (unpaired) electrons. The van der Waals surface area contributed by atoms with Gasteiger partial charge in [-0.15, -0.1) is 0 Å². The van der Waals surface area contributed by atoms with Crippen LogP contribution < -0.4 is 10.6 Å². The Bertz CT molecular complexity index is 595. The molecule has 2 nitrogen and oxygen atoms in total. The quantitative estimate of drug-likeness (QED) is 0.908. The molecule has 0 aliphatic carbocycles. The number of benzene rings is 2. The average molecular weight is 289 g/mol. The van der Waals surface area contributed by atoms with E-state index < -0.39 is 0 Å². The highest BCUT2D eigenvalue weighted by Crippen LogP contribution is 2.33. The summed E-state index contributed by atoms with van der Waals surface area (Å²) < 4.78 is 0. The maximum atomic E-state index is 6.31. The molecule has 2 aromatic carbocycles. The molecule has 3 heteroatoms. The van der Waals surface area contributed by atoms with Crippen LogP contribution in [0.3, 0.4) is 0 Å². The predicted molar refractivity (Wildman–Crippen MR) is 87.3 cm³/mol. The van der Waals surface area contributed by atoms with Crippen molar-refractivity contribution in [3.05, 3.63) is 64.2 Å². The van der Waals surface area contributed by atoms with E-state index in [-0.39, 0.29) is 6.04 Å². The van der Waals surface area contributed by atoms with E-state index >= 15 is 0 Å². The summed E-state index contributed by atoms with van der Waals surface area (Å²) in [5.41, 5.74) is 10.6. The minimum atomic E-state index is 0.190. The summed E-state index contributed by atoms with van der Waals surface area (Å²) in [4.78, 5) is 2.25. The van der Waals surface area contributed by atoms with Crippen LogP contribution in [0, 0.1) is 6.92 Å². The molecule has 2 aromatic rings. The van der Waals surface area contributed by atoms with Gasteiger partial charge in [0, 0.05) is 24.3 Å². The molecule has 0 spiro atoms. The lowest BCUT2D eigenvalue weighted by molar-refractivity contribution is 0.732. The SMILES string of the molecule is Cc1cccc(CN)c1N(C)C(C)c1ccccc1Cl. The number of nitrogens with zero attached hydrogens (tertiary/aromatic N) is 1. The fourth-order valence-corrected chi connectivity index (χ4v) is 2.90. The fourth-order valence-electron chi connectivity index (χ4n) is 2.61. The van der Waals surface area contributed by atoms with E-state index in [1.165, 1.54) is 11.3 Å². The first kappa shape index (κ1) is 14.9. The van der Waals surface area contributed by atoms with Crippen LogP contribution in [0.4, 0.5) is 5.69 Å². The fraction of sp³-hybridized carbons (Fsp3) is 0.294. The summed E-state index contributed by atoms with van der Waals surface area (Å²) in [6.07, 6.45) is 0. The van der Waals surface area contributed by atoms with Crippen molar-refractivity contribution in [3.8, 4) is 0 Å². The van der Waals surface area contributed by atoms with Gasteiger partial charge < -0.3 is 10.6 Å². The number of nitrogens with two attached hydrogens (primary N) is 1. The molecule has 0 amide bonds. The van der Waals surface area contributed by atoms with Crippen LogP contribution in [0.5, 0.6) is 0 Å². The normalized spacial score (nSPS) is 12.2. The smallest absolute Gasteiger partial charge is 0.0525 e. The third kappa shape index (κ3) is 2.82. The second-order valence-corrected chi connectivity index (χ2v) is 5.50. The van der Waals surface area contributed by atoms with E-state index in [2.05, 4.69) is 50.1 Å². The molecule has 20 heavy (non-hydrogen) atoms. The Morgan fingerprint density at radius 2 is 1.85 bits per heavy atom. The second-order valence-electron chi connectivity index (χ2n) is 5.10. The molecule has 1 unspecified atom stereocenters. The van der Waals surface area contributed by atoms with Crippen LogP contribution in [0.2, 0.25) is 5.02 Å². The van der Waals surface area contributed by atoms with E-state index in [0.717, 1.165) is 16.1 Å². The number of rotatable bonds is 4. The summed E-state index contributed by atoms with van der Waals surface area (Å²) in [5, 5.41) is 0.801. The lowest BCUT2D eigenvalue weighted by Gasteiger charge is -2.31. The maximum absolute atomic E-state index is 6.31. The Balaban J connectivity index is 2.41. The van der Waals surface area contributed by atoms with Crippen LogP contribution in [0.25, 0.3) is 0 Å². The third-order valence-corrected chi connectivity index (χ3v) is 4.17. The topological polar surface area (TPSA) is 29.3 Å². The van der Waals surface area contributed by atoms with Gasteiger partial charge in [-0.3, -0.25) is 0 Å². The molecular formula is C17H21ClN2. The number of hydrogen-bond donors (Lipinski definition) is 1. The van der Waals surface area contributed by atoms with Gasteiger partial charge in [-0.2, -0.15) is 0 Å². The van der Waals surface area contributed by atoms with Crippen molar-refractivity contribution in [2.24, 2.45) is 5.73 Å². The Hall–Kier alpha value is -1.51. The van der Waals surface area contributed by atoms with Gasteiger partial charge in [0.1, 0.15) is 0 Å². The van der Waals surface area contributed by atoms with Crippen LogP contribution in [-0.2, 0) is 6.54 Å². The predicted octanol–water partition coefficient (Wildman–Crippen LogP) is 4.30. The van der Waals surface area contributed by atoms with E-state index in [4.69, 9.17) is 17.3 Å². The van der Waals surface area contributed by atoms with Gasteiger partial charge >= 0.3 is 0 Å². The zero-order valence-corrected chi connectivity index (χ0v) is 13.0. The van der Waals surface area contributed by atoms with E-state index in [1.54, 1.807) is 0 Å². The molecular weight excluding hydrogens is 268 g/mol. The van der Waals surface area contributed by atoms with Crippen LogP contribution >= 0.6 is 11.6 Å². The zero-order valence-electron chi connectivity index (χ0n) is 12.2. The minimum absolute atomic E-state index is 0.190. The standard InChI is InChI=1S/C17H21ClN2/c1-12-7-6-8-14(11-19)17(12)20(3)13(2)15-9-4-5-10-16(15)18/h4-10,13H,11,19H2,1-3H3. The monoisotopic (exact) mass is 288 g/mol. The second kappa shape index (κ2) is 6.29. The van der Waals surface area contributed by atoms with E-state index in [9.17, 15) is 0 Å². The van der Waals surface area contributed by atoms with Gasteiger partial charge in [-0.05, 0) is 36.6 Å². The summed E-state index contributed by atoms with van der Waals surface area (Å²) in [6.45, 7) is 4.81. The lowest BCUT2D eigenvalue weighted by atomic mass is 10.0. The van der Waals surface area contributed by atoms with E-state index in [1.807, 2.05) is 18.2 Å². The molecule has 0 bridgehead atoms. The Kier molecular flexibility index (Phi) is 4.69. The first-order chi connectivity index (χ1) is 9.56. The average Bonchev–Trinajstić information content (AvgIpc) is 2.46. The molecule has 0 aromatic heterocycles. The highest BCUT2D eigenvalue weighted by Gasteiger charge is 2.18. The van der Waals surface area contributed by atoms with E-state index in [0.29, 0.717) is 6.54 Å². The molecule has 106 valence electrons. The largest absolute Gasteiger partial charge is 0.367 e. The van der Waals surface area contributed by atoms with Crippen molar-refractivity contribution in [2.45, 2.75) is 26.4 Å². The molecule has 1 atom stereocenters. The van der Waals surface area contributed by atoms with Gasteiger partial charge in [-0.25, -0.2) is 0 Å². The van der Waals surface area contributed by atoms with Crippen LogP contribution in [-0.4, -0.2) is 7.05 Å². The van der Waals surface area contributed by atoms with Crippen molar-refractivity contribution in [1.82, 2.24) is 0 Å². The van der Waals surface area contributed by atoms with Crippen molar-refractivity contribution in [2.75, 3.05) is 11.9 Å². The molecule has 2 rings (SSSR count). The van der Waals surface area contributed by atoms with Crippen molar-refractivity contribution < 1.29 is 0 Å². The summed E-state index contributed by atoms with van der Waals surface area (Å²) in [7, 11) is 2.09. The van der Waals surface area contributed by atoms with Crippen LogP contribution in [0.15, 0.2) is 42.5 Å². The summed E-state index contributed by atoms with van der Waals surface area (Å²) in [5.74, 6) is 0. The van der Waals surface area contributed by atoms with Crippen molar-refractivity contribution in [3.63, 3.8) is 0 Å². The molecule has 0 fully saturated rings. The highest BCUT2D eigenvalue weighted by atomic mass is 35.5.